The summed E-state index contributed by atoms with van der Waals surface area (Å²) in [7, 11) is 0. The molecule has 1 atom stereocenters. The van der Waals surface area contributed by atoms with Crippen LogP contribution in [0.1, 0.15) is 19.3 Å². The molecule has 2 fully saturated rings. The van der Waals surface area contributed by atoms with Crippen molar-refractivity contribution < 1.29 is 9.66 Å². The van der Waals surface area contributed by atoms with Crippen molar-refractivity contribution in [1.29, 1.82) is 0 Å². The summed E-state index contributed by atoms with van der Waals surface area (Å²) in [5.74, 6) is 0. The van der Waals surface area contributed by atoms with Crippen LogP contribution in [-0.2, 0) is 4.74 Å². The number of hydrogen-bond acceptors (Lipinski definition) is 4. The van der Waals surface area contributed by atoms with Gasteiger partial charge < -0.3 is 9.64 Å². The highest BCUT2D eigenvalue weighted by molar-refractivity contribution is 5.51. The SMILES string of the molecule is O=[N+]([O-])c1ccc(N2CCC[C@]3(CCO3)C2)cc1. The summed E-state index contributed by atoms with van der Waals surface area (Å²) >= 11 is 0. The van der Waals surface area contributed by atoms with Gasteiger partial charge in [-0.3, -0.25) is 10.1 Å². The predicted octanol–water partition coefficient (Wildman–Crippen LogP) is 2.35. The molecule has 3 rings (SSSR count). The van der Waals surface area contributed by atoms with Crippen molar-refractivity contribution in [3.8, 4) is 0 Å². The Bertz CT molecular complexity index is 454. The molecular formula is C13H16N2O3. The van der Waals surface area contributed by atoms with Crippen molar-refractivity contribution in [2.45, 2.75) is 24.9 Å². The maximum absolute atomic E-state index is 10.6. The Hall–Kier alpha value is -1.62. The highest BCUT2D eigenvalue weighted by Crippen LogP contribution is 2.37. The minimum atomic E-state index is -0.365. The van der Waals surface area contributed by atoms with Gasteiger partial charge in [-0.15, -0.1) is 0 Å². The minimum absolute atomic E-state index is 0.0556. The maximum Gasteiger partial charge on any atom is 0.269 e. The zero-order valence-corrected chi connectivity index (χ0v) is 10.2. The molecule has 1 spiro atoms. The smallest absolute Gasteiger partial charge is 0.269 e. The van der Waals surface area contributed by atoms with Crippen LogP contribution in [0.2, 0.25) is 0 Å². The number of piperidine rings is 1. The fourth-order valence-corrected chi connectivity index (χ4v) is 2.82. The quantitative estimate of drug-likeness (QED) is 0.595. The van der Waals surface area contributed by atoms with Crippen molar-refractivity contribution in [3.63, 3.8) is 0 Å². The summed E-state index contributed by atoms with van der Waals surface area (Å²) in [6.07, 6.45) is 3.39. The van der Waals surface area contributed by atoms with Crippen LogP contribution in [0.25, 0.3) is 0 Å². The summed E-state index contributed by atoms with van der Waals surface area (Å²) in [6.45, 7) is 2.78. The Morgan fingerprint density at radius 2 is 2.00 bits per heavy atom. The molecule has 5 nitrogen and oxygen atoms in total. The van der Waals surface area contributed by atoms with Gasteiger partial charge in [-0.25, -0.2) is 0 Å². The van der Waals surface area contributed by atoms with Gasteiger partial charge in [0.25, 0.3) is 5.69 Å². The van der Waals surface area contributed by atoms with Crippen LogP contribution in [0.3, 0.4) is 0 Å². The topological polar surface area (TPSA) is 55.6 Å². The maximum atomic E-state index is 10.6. The van der Waals surface area contributed by atoms with Crippen molar-refractivity contribution >= 4 is 11.4 Å². The van der Waals surface area contributed by atoms with E-state index in [2.05, 4.69) is 4.90 Å². The zero-order chi connectivity index (χ0) is 12.6. The summed E-state index contributed by atoms with van der Waals surface area (Å²) in [5, 5.41) is 10.6. The first kappa shape index (κ1) is 11.5. The van der Waals surface area contributed by atoms with Gasteiger partial charge in [0.05, 0.1) is 17.1 Å². The van der Waals surface area contributed by atoms with Crippen LogP contribution >= 0.6 is 0 Å². The largest absolute Gasteiger partial charge is 0.373 e. The number of anilines is 1. The fourth-order valence-electron chi connectivity index (χ4n) is 2.82. The van der Waals surface area contributed by atoms with E-state index in [1.165, 1.54) is 0 Å². The first-order chi connectivity index (χ1) is 8.69. The standard InChI is InChI=1S/C13H16N2O3/c16-15(17)12-4-2-11(3-5-12)14-8-1-6-13(10-14)7-9-18-13/h2-5H,1,6-10H2/t13-/m0/s1. The highest BCUT2D eigenvalue weighted by Gasteiger charge is 2.42. The Morgan fingerprint density at radius 3 is 2.56 bits per heavy atom. The monoisotopic (exact) mass is 248 g/mol. The second kappa shape index (κ2) is 4.24. The molecule has 0 aliphatic carbocycles. The molecule has 0 unspecified atom stereocenters. The third-order valence-corrected chi connectivity index (χ3v) is 3.93. The molecular weight excluding hydrogens is 232 g/mol. The van der Waals surface area contributed by atoms with E-state index in [1.807, 2.05) is 12.1 Å². The average Bonchev–Trinajstić information content (AvgIpc) is 2.37. The first-order valence-corrected chi connectivity index (χ1v) is 6.32. The number of nitro benzene ring substituents is 1. The van der Waals surface area contributed by atoms with E-state index in [1.54, 1.807) is 12.1 Å². The van der Waals surface area contributed by atoms with E-state index >= 15 is 0 Å². The first-order valence-electron chi connectivity index (χ1n) is 6.32. The van der Waals surface area contributed by atoms with Gasteiger partial charge >= 0.3 is 0 Å². The summed E-state index contributed by atoms with van der Waals surface area (Å²) < 4.78 is 5.72. The molecule has 5 heteroatoms. The van der Waals surface area contributed by atoms with E-state index < -0.39 is 0 Å². The second-order valence-electron chi connectivity index (χ2n) is 5.08. The van der Waals surface area contributed by atoms with Crippen molar-refractivity contribution in [1.82, 2.24) is 0 Å². The molecule has 0 saturated carbocycles. The number of rotatable bonds is 2. The third kappa shape index (κ3) is 1.95. The molecule has 18 heavy (non-hydrogen) atoms. The van der Waals surface area contributed by atoms with E-state index in [9.17, 15) is 10.1 Å². The van der Waals surface area contributed by atoms with Gasteiger partial charge in [0.2, 0.25) is 0 Å². The van der Waals surface area contributed by atoms with Gasteiger partial charge in [0.15, 0.2) is 0 Å². The van der Waals surface area contributed by atoms with Gasteiger partial charge in [0, 0.05) is 37.3 Å². The van der Waals surface area contributed by atoms with Crippen molar-refractivity contribution in [2.24, 2.45) is 0 Å². The van der Waals surface area contributed by atoms with Crippen LogP contribution < -0.4 is 4.90 Å². The molecule has 1 aromatic rings. The second-order valence-corrected chi connectivity index (χ2v) is 5.08. The summed E-state index contributed by atoms with van der Waals surface area (Å²) in [4.78, 5) is 12.5. The normalized spacial score (nSPS) is 27.0. The van der Waals surface area contributed by atoms with Gasteiger partial charge in [0.1, 0.15) is 0 Å². The molecule has 0 bridgehead atoms. The molecule has 2 aliphatic heterocycles. The molecule has 2 aliphatic rings. The number of nitrogens with zero attached hydrogens (tertiary/aromatic N) is 2. The zero-order valence-electron chi connectivity index (χ0n) is 10.2. The Labute approximate surface area is 106 Å². The Balaban J connectivity index is 1.75. The number of non-ortho nitro benzene ring substituents is 1. The van der Waals surface area contributed by atoms with E-state index in [0.717, 1.165) is 44.6 Å². The average molecular weight is 248 g/mol. The van der Waals surface area contributed by atoms with E-state index in [4.69, 9.17) is 4.74 Å². The number of ether oxygens (including phenoxy) is 1. The van der Waals surface area contributed by atoms with Crippen molar-refractivity contribution in [2.75, 3.05) is 24.6 Å². The lowest BCUT2D eigenvalue weighted by atomic mass is 9.85. The highest BCUT2D eigenvalue weighted by atomic mass is 16.6. The molecule has 96 valence electrons. The molecule has 0 amide bonds. The number of nitro groups is 1. The molecule has 2 saturated heterocycles. The van der Waals surface area contributed by atoms with E-state index in [0.29, 0.717) is 0 Å². The minimum Gasteiger partial charge on any atom is -0.373 e. The molecule has 0 N–H and O–H groups in total. The lowest BCUT2D eigenvalue weighted by molar-refractivity contribution is -0.384. The molecule has 0 aromatic heterocycles. The summed E-state index contributed by atoms with van der Waals surface area (Å²) in [6, 6.07) is 6.79. The van der Waals surface area contributed by atoms with Crippen LogP contribution in [0, 0.1) is 10.1 Å². The van der Waals surface area contributed by atoms with Crippen LogP contribution in [0.4, 0.5) is 11.4 Å². The predicted molar refractivity (Wildman–Crippen MR) is 67.8 cm³/mol. The van der Waals surface area contributed by atoms with Gasteiger partial charge in [-0.1, -0.05) is 0 Å². The van der Waals surface area contributed by atoms with Crippen LogP contribution in [-0.4, -0.2) is 30.2 Å². The Morgan fingerprint density at radius 1 is 1.28 bits per heavy atom. The van der Waals surface area contributed by atoms with Crippen LogP contribution in [0.5, 0.6) is 0 Å². The lowest BCUT2D eigenvalue weighted by Crippen LogP contribution is -2.56. The number of hydrogen-bond donors (Lipinski definition) is 0. The van der Waals surface area contributed by atoms with Crippen molar-refractivity contribution in [3.05, 3.63) is 34.4 Å². The lowest BCUT2D eigenvalue weighted by Gasteiger charge is -2.49. The van der Waals surface area contributed by atoms with Crippen LogP contribution in [0.15, 0.2) is 24.3 Å². The summed E-state index contributed by atoms with van der Waals surface area (Å²) in [5.41, 5.74) is 1.25. The van der Waals surface area contributed by atoms with Gasteiger partial charge in [-0.05, 0) is 25.0 Å². The molecule has 1 aromatic carbocycles. The van der Waals surface area contributed by atoms with E-state index in [-0.39, 0.29) is 16.2 Å². The molecule has 2 heterocycles. The fraction of sp³-hybridized carbons (Fsp3) is 0.538. The molecule has 0 radical (unpaired) electrons. The Kier molecular flexibility index (Phi) is 2.70. The van der Waals surface area contributed by atoms with Gasteiger partial charge in [-0.2, -0.15) is 0 Å². The number of benzene rings is 1. The third-order valence-electron chi connectivity index (χ3n) is 3.93.